The van der Waals surface area contributed by atoms with Crippen LogP contribution in [0.3, 0.4) is 0 Å². The summed E-state index contributed by atoms with van der Waals surface area (Å²) in [7, 11) is 0. The Morgan fingerprint density at radius 2 is 1.64 bits per heavy atom. The fraction of sp³-hybridized carbons (Fsp3) is 0.519. The Hall–Kier alpha value is -2.41. The Balaban J connectivity index is 1.47. The van der Waals surface area contributed by atoms with E-state index >= 15 is 0 Å². The number of carbonyl (C=O) groups is 1. The molecule has 2 aromatic rings. The number of benzene rings is 2. The van der Waals surface area contributed by atoms with Crippen LogP contribution in [0.4, 0.5) is 0 Å². The predicted molar refractivity (Wildman–Crippen MR) is 129 cm³/mol. The van der Waals surface area contributed by atoms with E-state index in [1.54, 1.807) is 0 Å². The Labute approximate surface area is 197 Å². The van der Waals surface area contributed by atoms with E-state index in [1.807, 2.05) is 42.5 Å². The summed E-state index contributed by atoms with van der Waals surface area (Å²) in [6, 6.07) is 18.2. The minimum Gasteiger partial charge on any atom is -0.491 e. The molecule has 1 saturated heterocycles. The summed E-state index contributed by atoms with van der Waals surface area (Å²) in [6.45, 7) is 5.30. The van der Waals surface area contributed by atoms with Gasteiger partial charge in [0.05, 0.1) is 18.2 Å². The highest BCUT2D eigenvalue weighted by Crippen LogP contribution is 2.20. The van der Waals surface area contributed by atoms with Gasteiger partial charge in [-0.1, -0.05) is 42.5 Å². The highest BCUT2D eigenvalue weighted by Gasteiger charge is 2.22. The zero-order chi connectivity index (χ0) is 22.7. The van der Waals surface area contributed by atoms with Crippen LogP contribution in [0.1, 0.15) is 41.6 Å². The third-order valence-electron chi connectivity index (χ3n) is 6.44. The van der Waals surface area contributed by atoms with Crippen molar-refractivity contribution < 1.29 is 19.0 Å². The van der Waals surface area contributed by atoms with E-state index in [-0.39, 0.29) is 11.9 Å². The molecule has 0 radical (unpaired) electrons. The highest BCUT2D eigenvalue weighted by molar-refractivity contribution is 5.97. The van der Waals surface area contributed by atoms with Crippen LogP contribution in [0.15, 0.2) is 54.6 Å². The molecule has 0 bridgehead atoms. The number of hydrogen-bond donors (Lipinski definition) is 1. The van der Waals surface area contributed by atoms with Crippen LogP contribution in [0, 0.1) is 0 Å². The van der Waals surface area contributed by atoms with Gasteiger partial charge in [-0.15, -0.1) is 0 Å². The molecule has 0 saturated carbocycles. The first kappa shape index (κ1) is 23.7. The van der Waals surface area contributed by atoms with Gasteiger partial charge in [-0.3, -0.25) is 9.69 Å². The number of carbonyl (C=O) groups excluding carboxylic acids is 1. The second-order valence-corrected chi connectivity index (χ2v) is 8.87. The SMILES string of the molecule is O=C1N[C@@H](Cc2ccccc2)COCCCCN(C2CCOCC2)CCOc2ccccc21. The summed E-state index contributed by atoms with van der Waals surface area (Å²) in [4.78, 5) is 15.7. The molecule has 0 aromatic heterocycles. The molecule has 1 fully saturated rings. The van der Waals surface area contributed by atoms with Gasteiger partial charge in [0.2, 0.25) is 0 Å². The van der Waals surface area contributed by atoms with E-state index in [0.717, 1.165) is 58.4 Å². The molecule has 1 amide bonds. The van der Waals surface area contributed by atoms with Crippen LogP contribution >= 0.6 is 0 Å². The molecule has 1 atom stereocenters. The third kappa shape index (κ3) is 7.29. The minimum absolute atomic E-state index is 0.100. The van der Waals surface area contributed by atoms with Gasteiger partial charge in [-0.25, -0.2) is 0 Å². The predicted octanol–water partition coefficient (Wildman–Crippen LogP) is 3.70. The van der Waals surface area contributed by atoms with E-state index in [9.17, 15) is 4.79 Å². The number of para-hydroxylation sites is 1. The van der Waals surface area contributed by atoms with Gasteiger partial charge in [-0.2, -0.15) is 0 Å². The van der Waals surface area contributed by atoms with Crippen molar-refractivity contribution in [3.05, 3.63) is 65.7 Å². The topological polar surface area (TPSA) is 60.0 Å². The van der Waals surface area contributed by atoms with Gasteiger partial charge in [0.1, 0.15) is 12.4 Å². The Bertz CT molecular complexity index is 854. The lowest BCUT2D eigenvalue weighted by Crippen LogP contribution is -2.42. The van der Waals surface area contributed by atoms with Crippen LogP contribution in [0.5, 0.6) is 5.75 Å². The van der Waals surface area contributed by atoms with Crippen LogP contribution in [-0.4, -0.2) is 69.0 Å². The standard InChI is InChI=1S/C27H36N2O4/c30-27-25-10-4-5-11-26(25)33-19-15-29(24-12-17-31-18-13-24)14-6-7-16-32-21-23(28-27)20-22-8-2-1-3-9-22/h1-5,8-11,23-24H,6-7,12-21H2,(H,28,30)/t23-/m0/s1. The molecule has 0 aliphatic carbocycles. The lowest BCUT2D eigenvalue weighted by Gasteiger charge is -2.34. The number of hydrogen-bond acceptors (Lipinski definition) is 5. The van der Waals surface area contributed by atoms with Crippen LogP contribution in [0.2, 0.25) is 0 Å². The van der Waals surface area contributed by atoms with E-state index in [2.05, 4.69) is 22.3 Å². The van der Waals surface area contributed by atoms with Gasteiger partial charge in [-0.05, 0) is 56.3 Å². The van der Waals surface area contributed by atoms with Gasteiger partial charge < -0.3 is 19.5 Å². The fourth-order valence-electron chi connectivity index (χ4n) is 4.64. The van der Waals surface area contributed by atoms with Crippen LogP contribution in [0.25, 0.3) is 0 Å². The van der Waals surface area contributed by atoms with Crippen molar-refractivity contribution in [1.82, 2.24) is 10.2 Å². The molecule has 6 heteroatoms. The first-order valence-corrected chi connectivity index (χ1v) is 12.3. The average Bonchev–Trinajstić information content (AvgIpc) is 2.86. The molecule has 1 N–H and O–H groups in total. The molecule has 2 heterocycles. The third-order valence-corrected chi connectivity index (χ3v) is 6.44. The summed E-state index contributed by atoms with van der Waals surface area (Å²) in [5.74, 6) is 0.516. The average molecular weight is 453 g/mol. The molecule has 2 aliphatic rings. The summed E-state index contributed by atoms with van der Waals surface area (Å²) >= 11 is 0. The second-order valence-electron chi connectivity index (χ2n) is 8.87. The Kier molecular flexibility index (Phi) is 9.16. The number of ether oxygens (including phenoxy) is 3. The maximum atomic E-state index is 13.2. The lowest BCUT2D eigenvalue weighted by atomic mass is 10.1. The summed E-state index contributed by atoms with van der Waals surface area (Å²) in [6.07, 6.45) is 4.96. The first-order chi connectivity index (χ1) is 16.3. The second kappa shape index (κ2) is 12.7. The zero-order valence-electron chi connectivity index (χ0n) is 19.4. The lowest BCUT2D eigenvalue weighted by molar-refractivity contribution is 0.0276. The van der Waals surface area contributed by atoms with Gasteiger partial charge in [0, 0.05) is 32.4 Å². The molecule has 178 valence electrons. The highest BCUT2D eigenvalue weighted by atomic mass is 16.5. The van der Waals surface area contributed by atoms with Crippen molar-refractivity contribution in [3.8, 4) is 5.75 Å². The molecule has 6 nitrogen and oxygen atoms in total. The molecule has 33 heavy (non-hydrogen) atoms. The monoisotopic (exact) mass is 452 g/mol. The molecule has 0 unspecified atom stereocenters. The normalized spacial score (nSPS) is 22.3. The smallest absolute Gasteiger partial charge is 0.255 e. The fourth-order valence-corrected chi connectivity index (χ4v) is 4.64. The van der Waals surface area contributed by atoms with E-state index < -0.39 is 0 Å². The van der Waals surface area contributed by atoms with Crippen LogP contribution < -0.4 is 10.1 Å². The van der Waals surface area contributed by atoms with Gasteiger partial charge in [0.15, 0.2) is 0 Å². The molecule has 2 aliphatic heterocycles. The number of nitrogens with zero attached hydrogens (tertiary/aromatic N) is 1. The van der Waals surface area contributed by atoms with Crippen LogP contribution in [-0.2, 0) is 15.9 Å². The molecule has 2 aromatic carbocycles. The minimum atomic E-state index is -0.119. The Morgan fingerprint density at radius 3 is 2.48 bits per heavy atom. The van der Waals surface area contributed by atoms with Crippen molar-refractivity contribution >= 4 is 5.91 Å². The van der Waals surface area contributed by atoms with E-state index in [1.165, 1.54) is 5.56 Å². The van der Waals surface area contributed by atoms with Crippen molar-refractivity contribution in [1.29, 1.82) is 0 Å². The van der Waals surface area contributed by atoms with Crippen molar-refractivity contribution in [3.63, 3.8) is 0 Å². The quantitative estimate of drug-likeness (QED) is 0.770. The van der Waals surface area contributed by atoms with Crippen molar-refractivity contribution in [2.24, 2.45) is 0 Å². The molecular formula is C27H36N2O4. The van der Waals surface area contributed by atoms with E-state index in [0.29, 0.717) is 37.2 Å². The molecular weight excluding hydrogens is 416 g/mol. The summed E-state index contributed by atoms with van der Waals surface area (Å²) < 4.78 is 17.7. The largest absolute Gasteiger partial charge is 0.491 e. The van der Waals surface area contributed by atoms with Gasteiger partial charge >= 0.3 is 0 Å². The van der Waals surface area contributed by atoms with Crippen molar-refractivity contribution in [2.45, 2.75) is 44.2 Å². The first-order valence-electron chi connectivity index (χ1n) is 12.3. The molecule has 0 spiro atoms. The Morgan fingerprint density at radius 1 is 0.848 bits per heavy atom. The number of nitrogens with one attached hydrogen (secondary N) is 1. The molecule has 4 rings (SSSR count). The number of rotatable bonds is 3. The van der Waals surface area contributed by atoms with Crippen molar-refractivity contribution in [2.75, 3.05) is 46.1 Å². The maximum Gasteiger partial charge on any atom is 0.255 e. The maximum absolute atomic E-state index is 13.2. The summed E-state index contributed by atoms with van der Waals surface area (Å²) in [5.41, 5.74) is 1.75. The zero-order valence-corrected chi connectivity index (χ0v) is 19.4. The number of amides is 1. The summed E-state index contributed by atoms with van der Waals surface area (Å²) in [5, 5.41) is 3.18. The van der Waals surface area contributed by atoms with Gasteiger partial charge in [0.25, 0.3) is 5.91 Å². The number of fused-ring (bicyclic) bond motifs is 1. The van der Waals surface area contributed by atoms with E-state index in [4.69, 9.17) is 14.2 Å².